The van der Waals surface area contributed by atoms with Gasteiger partial charge < -0.3 is 10.5 Å². The average molecular weight is 360 g/mol. The van der Waals surface area contributed by atoms with E-state index < -0.39 is 0 Å². The molecule has 17 heavy (non-hydrogen) atoms. The lowest BCUT2D eigenvalue weighted by Gasteiger charge is -2.09. The van der Waals surface area contributed by atoms with Crippen LogP contribution >= 0.6 is 34.2 Å². The Balaban J connectivity index is 2.07. The molecular weight excluding hydrogens is 349 g/mol. The molecule has 2 aromatic carbocycles. The fraction of sp³-hybridized carbons (Fsp3) is 0.0769. The minimum Gasteiger partial charge on any atom is -0.489 e. The highest BCUT2D eigenvalue weighted by Gasteiger charge is 2.01. The molecule has 0 fully saturated rings. The van der Waals surface area contributed by atoms with Crippen molar-refractivity contribution in [3.8, 4) is 5.75 Å². The highest BCUT2D eigenvalue weighted by atomic mass is 127. The summed E-state index contributed by atoms with van der Waals surface area (Å²) in [6.45, 7) is 0.424. The Kier molecular flexibility index (Phi) is 4.12. The minimum absolute atomic E-state index is 0.424. The zero-order valence-electron chi connectivity index (χ0n) is 8.99. The van der Waals surface area contributed by atoms with Crippen LogP contribution in [0.25, 0.3) is 0 Å². The number of nitrogens with two attached hydrogens (primary N) is 1. The van der Waals surface area contributed by atoms with E-state index in [0.717, 1.165) is 11.3 Å². The van der Waals surface area contributed by atoms with E-state index in [0.29, 0.717) is 17.3 Å². The van der Waals surface area contributed by atoms with E-state index in [-0.39, 0.29) is 0 Å². The minimum atomic E-state index is 0.424. The maximum atomic E-state index is 5.91. The van der Waals surface area contributed by atoms with Crippen LogP contribution in [0.5, 0.6) is 5.75 Å². The monoisotopic (exact) mass is 359 g/mol. The number of hydrogen-bond acceptors (Lipinski definition) is 2. The third kappa shape index (κ3) is 3.51. The summed E-state index contributed by atoms with van der Waals surface area (Å²) in [6, 6.07) is 13.2. The topological polar surface area (TPSA) is 35.2 Å². The number of anilines is 1. The van der Waals surface area contributed by atoms with Gasteiger partial charge in [-0.2, -0.15) is 0 Å². The Labute approximate surface area is 119 Å². The van der Waals surface area contributed by atoms with Crippen molar-refractivity contribution in [3.63, 3.8) is 0 Å². The van der Waals surface area contributed by atoms with Crippen LogP contribution < -0.4 is 10.5 Å². The molecule has 2 rings (SSSR count). The van der Waals surface area contributed by atoms with Gasteiger partial charge in [-0.25, -0.2) is 0 Å². The quantitative estimate of drug-likeness (QED) is 0.661. The van der Waals surface area contributed by atoms with Crippen molar-refractivity contribution < 1.29 is 4.74 Å². The fourth-order valence-corrected chi connectivity index (χ4v) is 1.95. The first kappa shape index (κ1) is 12.5. The molecule has 0 amide bonds. The summed E-state index contributed by atoms with van der Waals surface area (Å²) in [5.74, 6) is 0.824. The molecule has 0 saturated heterocycles. The summed E-state index contributed by atoms with van der Waals surface area (Å²) >= 11 is 8.16. The fourth-order valence-electron chi connectivity index (χ4n) is 1.39. The lowest BCUT2D eigenvalue weighted by Crippen LogP contribution is -2.00. The van der Waals surface area contributed by atoms with Crippen molar-refractivity contribution in [1.82, 2.24) is 0 Å². The number of nitrogen functional groups attached to an aromatic ring is 1. The summed E-state index contributed by atoms with van der Waals surface area (Å²) in [4.78, 5) is 0. The molecule has 2 aromatic rings. The van der Waals surface area contributed by atoms with Crippen LogP contribution in [0.4, 0.5) is 5.69 Å². The number of rotatable bonds is 3. The highest BCUT2D eigenvalue weighted by molar-refractivity contribution is 14.1. The van der Waals surface area contributed by atoms with E-state index in [2.05, 4.69) is 22.6 Å². The number of halogens is 2. The van der Waals surface area contributed by atoms with Crippen LogP contribution in [-0.2, 0) is 6.61 Å². The van der Waals surface area contributed by atoms with Gasteiger partial charge in [-0.3, -0.25) is 0 Å². The van der Waals surface area contributed by atoms with E-state index in [1.807, 2.05) is 30.3 Å². The molecule has 0 aliphatic rings. The summed E-state index contributed by atoms with van der Waals surface area (Å²) in [5.41, 5.74) is 7.43. The van der Waals surface area contributed by atoms with E-state index in [1.54, 1.807) is 12.1 Å². The van der Waals surface area contributed by atoms with E-state index >= 15 is 0 Å². The molecule has 0 aliphatic heterocycles. The zero-order valence-corrected chi connectivity index (χ0v) is 11.9. The second kappa shape index (κ2) is 5.60. The molecule has 0 spiro atoms. The molecule has 0 bridgehead atoms. The first-order chi connectivity index (χ1) is 8.15. The van der Waals surface area contributed by atoms with Crippen molar-refractivity contribution in [1.29, 1.82) is 0 Å². The van der Waals surface area contributed by atoms with Crippen LogP contribution in [0.2, 0.25) is 5.02 Å². The van der Waals surface area contributed by atoms with E-state index in [1.165, 1.54) is 3.57 Å². The molecule has 0 aliphatic carbocycles. The lowest BCUT2D eigenvalue weighted by atomic mass is 10.2. The normalized spacial score (nSPS) is 10.2. The van der Waals surface area contributed by atoms with Gasteiger partial charge in [0.2, 0.25) is 0 Å². The number of ether oxygens (including phenoxy) is 1. The lowest BCUT2D eigenvalue weighted by molar-refractivity contribution is 0.307. The molecule has 0 heterocycles. The Morgan fingerprint density at radius 2 is 1.82 bits per heavy atom. The highest BCUT2D eigenvalue weighted by Crippen LogP contribution is 2.20. The standard InChI is InChI=1S/C13H11ClINO/c14-10-1-6-13(16)9(7-10)8-17-12-4-2-11(15)3-5-12/h1-7H,8,16H2. The molecule has 0 unspecified atom stereocenters. The van der Waals surface area contributed by atoms with Crippen molar-refractivity contribution in [3.05, 3.63) is 56.6 Å². The molecule has 2 N–H and O–H groups in total. The third-order valence-electron chi connectivity index (χ3n) is 2.31. The molecule has 88 valence electrons. The SMILES string of the molecule is Nc1ccc(Cl)cc1COc1ccc(I)cc1. The molecule has 2 nitrogen and oxygen atoms in total. The van der Waals surface area contributed by atoms with Crippen LogP contribution in [0.3, 0.4) is 0 Å². The third-order valence-corrected chi connectivity index (χ3v) is 3.27. The van der Waals surface area contributed by atoms with Crippen LogP contribution in [0, 0.1) is 3.57 Å². The maximum absolute atomic E-state index is 5.91. The second-order valence-electron chi connectivity index (χ2n) is 3.59. The predicted octanol–water partition coefficient (Wildman–Crippen LogP) is 4.11. The smallest absolute Gasteiger partial charge is 0.119 e. The Bertz CT molecular complexity index is 513. The van der Waals surface area contributed by atoms with Gasteiger partial charge in [-0.1, -0.05) is 11.6 Å². The average Bonchev–Trinajstić information content (AvgIpc) is 2.32. The summed E-state index contributed by atoms with van der Waals surface area (Å²) in [5, 5.41) is 0.667. The van der Waals surface area contributed by atoms with Crippen LogP contribution in [-0.4, -0.2) is 0 Å². The van der Waals surface area contributed by atoms with Gasteiger partial charge in [0, 0.05) is 19.8 Å². The first-order valence-electron chi connectivity index (χ1n) is 5.07. The summed E-state index contributed by atoms with van der Waals surface area (Å²) < 4.78 is 6.82. The van der Waals surface area contributed by atoms with Gasteiger partial charge in [-0.05, 0) is 65.1 Å². The van der Waals surface area contributed by atoms with Gasteiger partial charge in [0.15, 0.2) is 0 Å². The van der Waals surface area contributed by atoms with Crippen molar-refractivity contribution in [2.24, 2.45) is 0 Å². The molecule has 4 heteroatoms. The molecule has 0 radical (unpaired) electrons. The Hall–Kier alpha value is -0.940. The zero-order chi connectivity index (χ0) is 12.3. The van der Waals surface area contributed by atoms with E-state index in [9.17, 15) is 0 Å². The maximum Gasteiger partial charge on any atom is 0.119 e. The largest absolute Gasteiger partial charge is 0.489 e. The second-order valence-corrected chi connectivity index (χ2v) is 5.27. The Morgan fingerprint density at radius 3 is 2.53 bits per heavy atom. The Morgan fingerprint density at radius 1 is 1.12 bits per heavy atom. The first-order valence-corrected chi connectivity index (χ1v) is 6.53. The summed E-state index contributed by atoms with van der Waals surface area (Å²) in [7, 11) is 0. The van der Waals surface area contributed by atoms with Gasteiger partial charge in [0.25, 0.3) is 0 Å². The van der Waals surface area contributed by atoms with Crippen molar-refractivity contribution in [2.45, 2.75) is 6.61 Å². The summed E-state index contributed by atoms with van der Waals surface area (Å²) in [6.07, 6.45) is 0. The predicted molar refractivity (Wildman–Crippen MR) is 79.4 cm³/mol. The van der Waals surface area contributed by atoms with Crippen molar-refractivity contribution in [2.75, 3.05) is 5.73 Å². The number of hydrogen-bond donors (Lipinski definition) is 1. The number of benzene rings is 2. The van der Waals surface area contributed by atoms with Gasteiger partial charge in [0.05, 0.1) is 0 Å². The molecule has 0 aromatic heterocycles. The van der Waals surface area contributed by atoms with Gasteiger partial charge in [0.1, 0.15) is 12.4 Å². The molecular formula is C13H11ClINO. The van der Waals surface area contributed by atoms with Gasteiger partial charge >= 0.3 is 0 Å². The van der Waals surface area contributed by atoms with E-state index in [4.69, 9.17) is 22.1 Å². The van der Waals surface area contributed by atoms with Crippen LogP contribution in [0.15, 0.2) is 42.5 Å². The van der Waals surface area contributed by atoms with Crippen LogP contribution in [0.1, 0.15) is 5.56 Å². The molecule has 0 atom stereocenters. The van der Waals surface area contributed by atoms with Crippen molar-refractivity contribution >= 4 is 39.9 Å². The van der Waals surface area contributed by atoms with Gasteiger partial charge in [-0.15, -0.1) is 0 Å². The molecule has 0 saturated carbocycles.